The number of halogens is 2. The van der Waals surface area contributed by atoms with Crippen molar-refractivity contribution in [3.05, 3.63) is 33.8 Å². The molecule has 0 radical (unpaired) electrons. The summed E-state index contributed by atoms with van der Waals surface area (Å²) >= 11 is 1.64. The van der Waals surface area contributed by atoms with E-state index >= 15 is 0 Å². The van der Waals surface area contributed by atoms with Gasteiger partial charge in [0.1, 0.15) is 5.69 Å². The molecule has 4 rings (SSSR count). The minimum absolute atomic E-state index is 0.0637. The van der Waals surface area contributed by atoms with Gasteiger partial charge in [0, 0.05) is 18.1 Å². The molecule has 4 nitrogen and oxygen atoms in total. The van der Waals surface area contributed by atoms with Gasteiger partial charge in [-0.15, -0.1) is 11.3 Å². The maximum Gasteiger partial charge on any atom is 0.282 e. The molecule has 0 aliphatic heterocycles. The first-order valence-electron chi connectivity index (χ1n) is 8.09. The average molecular weight is 351 g/mol. The van der Waals surface area contributed by atoms with Gasteiger partial charge < -0.3 is 5.32 Å². The minimum Gasteiger partial charge on any atom is -0.321 e. The number of carbonyl (C=O) groups is 1. The number of anilines is 1. The second kappa shape index (κ2) is 5.37. The summed E-state index contributed by atoms with van der Waals surface area (Å²) in [5.74, 6) is 0.672. The molecule has 7 heteroatoms. The Hall–Kier alpha value is -1.76. The van der Waals surface area contributed by atoms with E-state index in [0.29, 0.717) is 17.3 Å². The molecule has 2 unspecified atom stereocenters. The lowest BCUT2D eigenvalue weighted by atomic mass is 10.0. The van der Waals surface area contributed by atoms with Crippen molar-refractivity contribution in [1.29, 1.82) is 0 Å². The van der Waals surface area contributed by atoms with Crippen molar-refractivity contribution in [2.24, 2.45) is 18.4 Å². The third kappa shape index (κ3) is 2.64. The second-order valence-corrected chi connectivity index (χ2v) is 8.11. The van der Waals surface area contributed by atoms with E-state index in [-0.39, 0.29) is 5.56 Å². The maximum absolute atomic E-state index is 13.0. The van der Waals surface area contributed by atoms with Crippen LogP contribution in [0.25, 0.3) is 0 Å². The zero-order valence-electron chi connectivity index (χ0n) is 13.6. The van der Waals surface area contributed by atoms with Crippen molar-refractivity contribution >= 4 is 22.9 Å². The van der Waals surface area contributed by atoms with E-state index in [1.165, 1.54) is 35.6 Å². The number of nitrogens with one attached hydrogen (secondary N) is 1. The Bertz CT molecular complexity index is 794. The summed E-state index contributed by atoms with van der Waals surface area (Å²) in [4.78, 5) is 13.6. The highest BCUT2D eigenvalue weighted by Crippen LogP contribution is 2.68. The van der Waals surface area contributed by atoms with Crippen molar-refractivity contribution in [3.8, 4) is 0 Å². The number of nitrogens with zero attached hydrogens (tertiary/aromatic N) is 2. The normalized spacial score (nSPS) is 24.2. The third-order valence-electron chi connectivity index (χ3n) is 5.31. The molecule has 0 spiro atoms. The van der Waals surface area contributed by atoms with Crippen LogP contribution >= 0.6 is 11.3 Å². The van der Waals surface area contributed by atoms with Crippen molar-refractivity contribution in [3.63, 3.8) is 0 Å². The van der Waals surface area contributed by atoms with Gasteiger partial charge in [-0.25, -0.2) is 8.78 Å². The van der Waals surface area contributed by atoms with Crippen LogP contribution < -0.4 is 5.32 Å². The third-order valence-corrected chi connectivity index (χ3v) is 6.36. The summed E-state index contributed by atoms with van der Waals surface area (Å²) in [5.41, 5.74) is 0.695. The van der Waals surface area contributed by atoms with E-state index in [2.05, 4.69) is 17.3 Å². The minimum atomic E-state index is -2.77. The van der Waals surface area contributed by atoms with Gasteiger partial charge in [-0.05, 0) is 48.0 Å². The molecular formula is C17H19F2N3OS. The number of alkyl halides is 2. The molecule has 2 aromatic rings. The smallest absolute Gasteiger partial charge is 0.282 e. The van der Waals surface area contributed by atoms with Crippen LogP contribution in [0.3, 0.4) is 0 Å². The molecule has 2 aromatic heterocycles. The number of rotatable bonds is 5. The van der Waals surface area contributed by atoms with Crippen molar-refractivity contribution in [1.82, 2.24) is 9.78 Å². The molecule has 24 heavy (non-hydrogen) atoms. The number of amides is 1. The van der Waals surface area contributed by atoms with E-state index in [1.54, 1.807) is 11.3 Å². The molecule has 0 bridgehead atoms. The van der Waals surface area contributed by atoms with Gasteiger partial charge in [0.25, 0.3) is 12.3 Å². The first-order chi connectivity index (χ1) is 11.4. The van der Waals surface area contributed by atoms with Gasteiger partial charge in [-0.3, -0.25) is 9.48 Å². The van der Waals surface area contributed by atoms with Gasteiger partial charge >= 0.3 is 0 Å². The van der Waals surface area contributed by atoms with E-state index in [4.69, 9.17) is 0 Å². The number of aryl methyl sites for hydroxylation is 1. The molecule has 2 atom stereocenters. The number of hydrogen-bond donors (Lipinski definition) is 1. The van der Waals surface area contributed by atoms with Gasteiger partial charge in [-0.2, -0.15) is 5.10 Å². The van der Waals surface area contributed by atoms with E-state index in [1.807, 2.05) is 11.4 Å². The predicted molar refractivity (Wildman–Crippen MR) is 88.6 cm³/mol. The molecule has 2 aliphatic rings. The zero-order chi connectivity index (χ0) is 17.1. The highest BCUT2D eigenvalue weighted by Gasteiger charge is 2.57. The largest absolute Gasteiger partial charge is 0.321 e. The van der Waals surface area contributed by atoms with Crippen molar-refractivity contribution in [2.45, 2.75) is 38.5 Å². The molecule has 1 amide bonds. The molecule has 2 heterocycles. The number of carbonyl (C=O) groups excluding carboxylic acids is 1. The van der Waals surface area contributed by atoms with Crippen LogP contribution in [0, 0.1) is 11.3 Å². The first kappa shape index (κ1) is 15.7. The molecule has 2 saturated carbocycles. The fraction of sp³-hybridized carbons (Fsp3) is 0.529. The second-order valence-electron chi connectivity index (χ2n) is 7.16. The number of aromatic nitrogens is 2. The summed E-state index contributed by atoms with van der Waals surface area (Å²) in [6.07, 6.45) is 2.31. The summed E-state index contributed by atoms with van der Waals surface area (Å²) in [5, 5.41) is 8.46. The van der Waals surface area contributed by atoms with Gasteiger partial charge in [-0.1, -0.05) is 6.92 Å². The van der Waals surface area contributed by atoms with Crippen LogP contribution in [0.5, 0.6) is 0 Å². The molecule has 1 N–H and O–H groups in total. The Balaban J connectivity index is 1.53. The first-order valence-corrected chi connectivity index (χ1v) is 8.97. The van der Waals surface area contributed by atoms with Crippen molar-refractivity contribution in [2.75, 3.05) is 5.32 Å². The summed E-state index contributed by atoms with van der Waals surface area (Å²) < 4.78 is 27.3. The highest BCUT2D eigenvalue weighted by atomic mass is 32.1. The van der Waals surface area contributed by atoms with E-state index < -0.39 is 18.0 Å². The Morgan fingerprint density at radius 3 is 2.92 bits per heavy atom. The fourth-order valence-corrected chi connectivity index (χ4v) is 4.60. The topological polar surface area (TPSA) is 46.9 Å². The standard InChI is InChI=1S/C17H19F2N3OS/c1-17(4-5-17)11-7-9(11)14-12(3-6-24-14)20-16(23)10-8-22(2)21-13(10)15(18)19/h3,6,8-9,11,15H,4-5,7H2,1-2H3,(H,20,23). The van der Waals surface area contributed by atoms with Crippen LogP contribution in [-0.4, -0.2) is 15.7 Å². The van der Waals surface area contributed by atoms with E-state index in [9.17, 15) is 13.6 Å². The zero-order valence-corrected chi connectivity index (χ0v) is 14.4. The lowest BCUT2D eigenvalue weighted by Gasteiger charge is -2.09. The Kier molecular flexibility index (Phi) is 3.53. The lowest BCUT2D eigenvalue weighted by molar-refractivity contribution is 0.101. The van der Waals surface area contributed by atoms with Crippen LogP contribution in [0.15, 0.2) is 17.6 Å². The Morgan fingerprint density at radius 2 is 2.25 bits per heavy atom. The van der Waals surface area contributed by atoms with E-state index in [0.717, 1.165) is 12.1 Å². The van der Waals surface area contributed by atoms with Gasteiger partial charge in [0.15, 0.2) is 0 Å². The summed E-state index contributed by atoms with van der Waals surface area (Å²) in [6, 6.07) is 1.86. The molecule has 0 aromatic carbocycles. The van der Waals surface area contributed by atoms with Gasteiger partial charge in [0.2, 0.25) is 0 Å². The molecule has 2 fully saturated rings. The number of hydrogen-bond acceptors (Lipinski definition) is 3. The lowest BCUT2D eigenvalue weighted by Crippen LogP contribution is -2.14. The summed E-state index contributed by atoms with van der Waals surface area (Å²) in [6.45, 7) is 2.33. The molecule has 128 valence electrons. The predicted octanol–water partition coefficient (Wildman–Crippen LogP) is 4.58. The number of thiophene rings is 1. The molecule has 0 saturated heterocycles. The SMILES string of the molecule is Cn1cc(C(=O)Nc2ccsc2C2CC2C2(C)CC2)c(C(F)F)n1. The Labute approximate surface area is 142 Å². The van der Waals surface area contributed by atoms with Crippen LogP contribution in [0.1, 0.15) is 59.5 Å². The average Bonchev–Trinajstić information content (AvgIpc) is 3.39. The van der Waals surface area contributed by atoms with Crippen LogP contribution in [0.2, 0.25) is 0 Å². The molecular weight excluding hydrogens is 332 g/mol. The maximum atomic E-state index is 13.0. The van der Waals surface area contributed by atoms with Crippen molar-refractivity contribution < 1.29 is 13.6 Å². The van der Waals surface area contributed by atoms with Gasteiger partial charge in [0.05, 0.1) is 11.3 Å². The highest BCUT2D eigenvalue weighted by molar-refractivity contribution is 7.10. The molecule has 2 aliphatic carbocycles. The summed E-state index contributed by atoms with van der Waals surface area (Å²) in [7, 11) is 1.53. The van der Waals surface area contributed by atoms with Crippen LogP contribution in [0.4, 0.5) is 14.5 Å². The quantitative estimate of drug-likeness (QED) is 0.857. The van der Waals surface area contributed by atoms with Crippen LogP contribution in [-0.2, 0) is 7.05 Å². The Morgan fingerprint density at radius 1 is 1.50 bits per heavy atom. The monoisotopic (exact) mass is 351 g/mol. The fourth-order valence-electron chi connectivity index (χ4n) is 3.57.